The molecule has 4 heterocycles. The summed E-state index contributed by atoms with van der Waals surface area (Å²) in [6, 6.07) is 1.93. The van der Waals surface area contributed by atoms with Gasteiger partial charge in [-0.15, -0.1) is 5.10 Å². The third-order valence-electron chi connectivity index (χ3n) is 4.62. The number of H-pyrrole nitrogens is 1. The first-order valence-electron chi connectivity index (χ1n) is 9.06. The molecule has 3 aromatic heterocycles. The average Bonchev–Trinajstić information content (AvgIpc) is 3.44. The van der Waals surface area contributed by atoms with Crippen LogP contribution in [0.5, 0.6) is 0 Å². The van der Waals surface area contributed by atoms with Crippen molar-refractivity contribution in [2.24, 2.45) is 0 Å². The second kappa shape index (κ2) is 7.31. The quantitative estimate of drug-likeness (QED) is 0.600. The molecule has 1 aliphatic heterocycles. The van der Waals surface area contributed by atoms with Crippen LogP contribution in [-0.2, 0) is 9.53 Å². The van der Waals surface area contributed by atoms with Gasteiger partial charge in [0.05, 0.1) is 23.9 Å². The minimum absolute atomic E-state index is 0.108. The molecule has 0 saturated carbocycles. The van der Waals surface area contributed by atoms with E-state index in [0.717, 1.165) is 30.6 Å². The Kier molecular flexibility index (Phi) is 4.71. The maximum Gasteiger partial charge on any atom is 0.248 e. The second-order valence-corrected chi connectivity index (χ2v) is 6.44. The van der Waals surface area contributed by atoms with Gasteiger partial charge in [-0.25, -0.2) is 9.97 Å². The summed E-state index contributed by atoms with van der Waals surface area (Å²) >= 11 is 0. The Labute approximate surface area is 155 Å². The Morgan fingerprint density at radius 2 is 2.30 bits per heavy atom. The standard InChI is InChI=1S/C17H22N8O2/c1-3-6-19-11-7-10(12-8-21-24-23-12)22-16-15(11)20-9-25(16)14-5-4-13(27-14)17(26)18-2/h7-9,13-14H,3-6H2,1-2H3,(H,18,26)(H,19,22)(H,21,23,24)/t13-,14+/m0/s1. The molecule has 10 heteroatoms. The number of imidazole rings is 1. The summed E-state index contributed by atoms with van der Waals surface area (Å²) in [5.41, 5.74) is 3.69. The van der Waals surface area contributed by atoms with Gasteiger partial charge >= 0.3 is 0 Å². The van der Waals surface area contributed by atoms with Gasteiger partial charge in [0.15, 0.2) is 5.65 Å². The number of ether oxygens (including phenoxy) is 1. The topological polar surface area (TPSA) is 123 Å². The van der Waals surface area contributed by atoms with Crippen molar-refractivity contribution in [2.45, 2.75) is 38.5 Å². The molecule has 27 heavy (non-hydrogen) atoms. The molecule has 1 fully saturated rings. The number of hydrogen-bond acceptors (Lipinski definition) is 7. The number of aromatic nitrogens is 6. The summed E-state index contributed by atoms with van der Waals surface area (Å²) in [7, 11) is 1.61. The highest BCUT2D eigenvalue weighted by molar-refractivity contribution is 5.88. The van der Waals surface area contributed by atoms with Crippen LogP contribution in [0.15, 0.2) is 18.6 Å². The lowest BCUT2D eigenvalue weighted by molar-refractivity contribution is -0.133. The Bertz CT molecular complexity index is 936. The molecular formula is C17H22N8O2. The van der Waals surface area contributed by atoms with E-state index in [0.29, 0.717) is 23.5 Å². The number of likely N-dealkylation sites (N-methyl/N-ethyl adjacent to an activating group) is 1. The summed E-state index contributed by atoms with van der Waals surface area (Å²) in [6.45, 7) is 2.93. The lowest BCUT2D eigenvalue weighted by atomic mass is 10.2. The number of carbonyl (C=O) groups is 1. The van der Waals surface area contributed by atoms with Crippen LogP contribution in [0, 0.1) is 0 Å². The third kappa shape index (κ3) is 3.23. The number of fused-ring (bicyclic) bond motifs is 1. The van der Waals surface area contributed by atoms with Crippen molar-refractivity contribution in [3.8, 4) is 11.4 Å². The van der Waals surface area contributed by atoms with E-state index in [4.69, 9.17) is 9.72 Å². The third-order valence-corrected chi connectivity index (χ3v) is 4.62. The highest BCUT2D eigenvalue weighted by Gasteiger charge is 2.32. The minimum Gasteiger partial charge on any atom is -0.383 e. The SMILES string of the molecule is CCCNc1cc(-c2c[nH]nn2)nc2c1ncn2[C@H]1CC[C@@H](C(=O)NC)O1. The summed E-state index contributed by atoms with van der Waals surface area (Å²) < 4.78 is 7.82. The van der Waals surface area contributed by atoms with Crippen molar-refractivity contribution in [1.29, 1.82) is 0 Å². The van der Waals surface area contributed by atoms with E-state index in [2.05, 4.69) is 38.0 Å². The number of aromatic amines is 1. The molecule has 0 aliphatic carbocycles. The number of amides is 1. The number of rotatable bonds is 6. The van der Waals surface area contributed by atoms with Gasteiger partial charge in [-0.3, -0.25) is 14.5 Å². The van der Waals surface area contributed by atoms with E-state index in [1.54, 1.807) is 19.6 Å². The molecule has 4 rings (SSSR count). The molecule has 3 aromatic rings. The molecular weight excluding hydrogens is 348 g/mol. The number of anilines is 1. The first-order chi connectivity index (χ1) is 13.2. The van der Waals surface area contributed by atoms with Crippen LogP contribution >= 0.6 is 0 Å². The smallest absolute Gasteiger partial charge is 0.248 e. The van der Waals surface area contributed by atoms with Gasteiger partial charge in [-0.1, -0.05) is 12.1 Å². The summed E-state index contributed by atoms with van der Waals surface area (Å²) in [5.74, 6) is -0.108. The summed E-state index contributed by atoms with van der Waals surface area (Å²) in [6.07, 6.45) is 5.06. The molecule has 1 saturated heterocycles. The number of carbonyl (C=O) groups excluding carboxylic acids is 1. The van der Waals surface area contributed by atoms with Crippen molar-refractivity contribution in [1.82, 2.24) is 35.3 Å². The van der Waals surface area contributed by atoms with Crippen LogP contribution in [0.2, 0.25) is 0 Å². The fourth-order valence-corrected chi connectivity index (χ4v) is 3.25. The van der Waals surface area contributed by atoms with Crippen LogP contribution in [0.25, 0.3) is 22.6 Å². The first kappa shape index (κ1) is 17.4. The van der Waals surface area contributed by atoms with Crippen LogP contribution in [-0.4, -0.2) is 55.5 Å². The van der Waals surface area contributed by atoms with Crippen LogP contribution in [0.1, 0.15) is 32.4 Å². The van der Waals surface area contributed by atoms with Crippen LogP contribution < -0.4 is 10.6 Å². The molecule has 0 radical (unpaired) electrons. The normalized spacial score (nSPS) is 19.5. The van der Waals surface area contributed by atoms with E-state index in [9.17, 15) is 4.79 Å². The molecule has 3 N–H and O–H groups in total. The Hall–Kier alpha value is -3.01. The Morgan fingerprint density at radius 3 is 3.04 bits per heavy atom. The van der Waals surface area contributed by atoms with E-state index >= 15 is 0 Å². The second-order valence-electron chi connectivity index (χ2n) is 6.44. The van der Waals surface area contributed by atoms with E-state index in [-0.39, 0.29) is 12.1 Å². The number of nitrogens with one attached hydrogen (secondary N) is 3. The van der Waals surface area contributed by atoms with Crippen molar-refractivity contribution in [3.63, 3.8) is 0 Å². The molecule has 1 amide bonds. The largest absolute Gasteiger partial charge is 0.383 e. The van der Waals surface area contributed by atoms with Gasteiger partial charge in [0.1, 0.15) is 23.5 Å². The Morgan fingerprint density at radius 1 is 1.41 bits per heavy atom. The fraction of sp³-hybridized carbons (Fsp3) is 0.471. The molecule has 10 nitrogen and oxygen atoms in total. The maximum absolute atomic E-state index is 11.9. The lowest BCUT2D eigenvalue weighted by Crippen LogP contribution is -2.31. The van der Waals surface area contributed by atoms with Gasteiger partial charge in [0, 0.05) is 13.6 Å². The molecule has 2 atom stereocenters. The van der Waals surface area contributed by atoms with E-state index in [1.807, 2.05) is 10.6 Å². The monoisotopic (exact) mass is 370 g/mol. The predicted molar refractivity (Wildman–Crippen MR) is 98.9 cm³/mol. The number of nitrogens with zero attached hydrogens (tertiary/aromatic N) is 5. The molecule has 1 aliphatic rings. The van der Waals surface area contributed by atoms with Crippen LogP contribution in [0.4, 0.5) is 5.69 Å². The maximum atomic E-state index is 11.9. The molecule has 0 bridgehead atoms. The Balaban J connectivity index is 1.74. The van der Waals surface area contributed by atoms with E-state index < -0.39 is 6.10 Å². The van der Waals surface area contributed by atoms with Gasteiger partial charge < -0.3 is 15.4 Å². The van der Waals surface area contributed by atoms with Crippen LogP contribution in [0.3, 0.4) is 0 Å². The zero-order valence-electron chi connectivity index (χ0n) is 15.3. The average molecular weight is 370 g/mol. The number of hydrogen-bond donors (Lipinski definition) is 3. The molecule has 0 unspecified atom stereocenters. The molecule has 142 valence electrons. The fourth-order valence-electron chi connectivity index (χ4n) is 3.25. The van der Waals surface area contributed by atoms with Crippen molar-refractivity contribution < 1.29 is 9.53 Å². The zero-order chi connectivity index (χ0) is 18.8. The minimum atomic E-state index is -0.450. The summed E-state index contributed by atoms with van der Waals surface area (Å²) in [4.78, 5) is 21.1. The lowest BCUT2D eigenvalue weighted by Gasteiger charge is -2.15. The predicted octanol–water partition coefficient (Wildman–Crippen LogP) is 1.46. The van der Waals surface area contributed by atoms with Crippen molar-refractivity contribution in [3.05, 3.63) is 18.6 Å². The summed E-state index contributed by atoms with van der Waals surface area (Å²) in [5, 5.41) is 16.6. The van der Waals surface area contributed by atoms with Gasteiger partial charge in [0.25, 0.3) is 0 Å². The highest BCUT2D eigenvalue weighted by atomic mass is 16.5. The van der Waals surface area contributed by atoms with Crippen molar-refractivity contribution >= 4 is 22.8 Å². The number of pyridine rings is 1. The van der Waals surface area contributed by atoms with Gasteiger partial charge in [-0.2, -0.15) is 0 Å². The molecule has 0 aromatic carbocycles. The first-order valence-corrected chi connectivity index (χ1v) is 9.06. The van der Waals surface area contributed by atoms with E-state index in [1.165, 1.54) is 0 Å². The van der Waals surface area contributed by atoms with Gasteiger partial charge in [0.2, 0.25) is 5.91 Å². The highest BCUT2D eigenvalue weighted by Crippen LogP contribution is 2.33. The zero-order valence-corrected chi connectivity index (χ0v) is 15.3. The van der Waals surface area contributed by atoms with Gasteiger partial charge in [-0.05, 0) is 25.3 Å². The molecule has 0 spiro atoms. The van der Waals surface area contributed by atoms with Crippen molar-refractivity contribution in [2.75, 3.05) is 18.9 Å².